The molecule has 30 heteroatoms. The van der Waals surface area contributed by atoms with E-state index in [2.05, 4.69) is 235 Å². The number of hydrogen-bond donors (Lipinski definition) is 0. The van der Waals surface area contributed by atoms with Gasteiger partial charge in [0, 0.05) is 0 Å². The van der Waals surface area contributed by atoms with Crippen LogP contribution in [0.15, 0.2) is 0 Å². The van der Waals surface area contributed by atoms with Gasteiger partial charge >= 0.3 is 0 Å². The van der Waals surface area contributed by atoms with Crippen LogP contribution in [0.1, 0.15) is 0 Å². The molecule has 80 heavy (non-hydrogen) atoms. The molecule has 0 spiro atoms. The summed E-state index contributed by atoms with van der Waals surface area (Å²) < 4.78 is 0. The molecule has 11 rings (SSSR count). The quantitative estimate of drug-likeness (QED) is 0.122. The Labute approximate surface area is 504 Å². The van der Waals surface area contributed by atoms with Gasteiger partial charge in [-0.2, -0.15) is 0 Å². The fourth-order valence-corrected chi connectivity index (χ4v) is 17.0. The Kier molecular flexibility index (Phi) is 13.6. The summed E-state index contributed by atoms with van der Waals surface area (Å²) in [6.07, 6.45) is 0. The van der Waals surface area contributed by atoms with Crippen LogP contribution in [-0.4, -0.2) is 235 Å². The van der Waals surface area contributed by atoms with Gasteiger partial charge in [0.05, 0.1) is 0 Å². The van der Waals surface area contributed by atoms with Gasteiger partial charge < -0.3 is 0 Å². The van der Waals surface area contributed by atoms with E-state index in [0.29, 0.717) is 0 Å². The largest absolute Gasteiger partial charge is 0.140 e. The van der Waals surface area contributed by atoms with Gasteiger partial charge in [0.1, 0.15) is 235 Å². The van der Waals surface area contributed by atoms with Gasteiger partial charge in [-0.3, -0.25) is 0 Å². The Balaban J connectivity index is 1.42. The SMILES string of the molecule is Bc1c(B)c(B)c(-c2c(B)c(-c3c(B)c(B)c4c(B)c(B)c5c(B)c(B)c(B)c6c(B)c(B)c3c4c56)c(B)c(B)c2-c2c(B)c(B)c(B)c(B)c2-c2c(B)c(B)c3c(B)c(B)c4c(B)c(B)c(B)c5c(B)c(B)c2c3c45)c(B)c1B. The summed E-state index contributed by atoms with van der Waals surface area (Å²) in [4.78, 5) is 0. The number of rotatable bonds is 4. The third-order valence-corrected chi connectivity index (χ3v) is 23.6. The number of hydrogen-bond acceptors (Lipinski definition) is 0. The number of benzene rings is 11. The molecule has 0 aliphatic heterocycles. The average Bonchev–Trinajstić information content (AvgIpc) is 2.46. The van der Waals surface area contributed by atoms with Crippen LogP contribution < -0.4 is 164 Å². The highest BCUT2D eigenvalue weighted by Crippen LogP contribution is 2.40. The second kappa shape index (κ2) is 19.0. The first kappa shape index (κ1) is 57.3. The van der Waals surface area contributed by atoms with E-state index in [1.54, 1.807) is 0 Å². The zero-order valence-electron chi connectivity index (χ0n) is 55.0. The smallest absolute Gasteiger partial charge is 0.102 e. The predicted molar refractivity (Wildman–Crippen MR) is 461 cm³/mol. The molecule has 0 unspecified atom stereocenters. The molecule has 0 aliphatic carbocycles. The fourth-order valence-electron chi connectivity index (χ4n) is 17.0. The van der Waals surface area contributed by atoms with Gasteiger partial charge in [0.2, 0.25) is 0 Å². The molecule has 0 fully saturated rings. The molecule has 0 atom stereocenters. The van der Waals surface area contributed by atoms with Crippen molar-refractivity contribution >= 4 is 464 Å². The maximum absolute atomic E-state index is 2.52. The van der Waals surface area contributed by atoms with E-state index in [0.717, 1.165) is 0 Å². The van der Waals surface area contributed by atoms with Crippen LogP contribution in [0.3, 0.4) is 0 Å². The zero-order chi connectivity index (χ0) is 58.9. The summed E-state index contributed by atoms with van der Waals surface area (Å²) in [5, 5.41) is 17.4. The Morgan fingerprint density at radius 2 is 0.200 bits per heavy atom. The van der Waals surface area contributed by atoms with Crippen molar-refractivity contribution in [2.45, 2.75) is 0 Å². The molecular weight excluding hydrogens is 925 g/mol. The molecule has 0 heterocycles. The first-order valence-electron chi connectivity index (χ1n) is 30.0. The lowest BCUT2D eigenvalue weighted by atomic mass is 9.54. The lowest BCUT2D eigenvalue weighted by Crippen LogP contribution is -2.56. The van der Waals surface area contributed by atoms with Crippen LogP contribution in [0.2, 0.25) is 0 Å². The van der Waals surface area contributed by atoms with Crippen LogP contribution in [0.25, 0.3) is 109 Å². The van der Waals surface area contributed by atoms with E-state index in [4.69, 9.17) is 0 Å². The van der Waals surface area contributed by atoms with E-state index < -0.39 is 0 Å². The van der Waals surface area contributed by atoms with E-state index in [-0.39, 0.29) is 0 Å². The highest BCUT2D eigenvalue weighted by molar-refractivity contribution is 6.79. The lowest BCUT2D eigenvalue weighted by Gasteiger charge is -2.35. The Morgan fingerprint density at radius 1 is 0.0750 bits per heavy atom. The van der Waals surface area contributed by atoms with Gasteiger partial charge in [-0.25, -0.2) is 0 Å². The van der Waals surface area contributed by atoms with Crippen molar-refractivity contribution < 1.29 is 0 Å². The second-order valence-corrected chi connectivity index (χ2v) is 26.2. The molecule has 0 saturated heterocycles. The third-order valence-electron chi connectivity index (χ3n) is 23.6. The third kappa shape index (κ3) is 6.95. The molecule has 0 aliphatic rings. The standard InChI is InChI=1S/C50H60B30/c51-21-11(20-42(72)48(78)50(80)49(79)43(20)73)10(25(55)37(67)19(21)12-6-2-4-16(32(62)23(6)53)39(69)45(75)41(71)18(4)36(66)34(64)14(2)30(60)26(12)56)9-8(27(57)46(76)47(77)28(9)58)7-5-1-3-15(31(61)22(5)52)38(68)44(74)40(70)17(3)35(65)33(63)13(1)29(59)24(7)54/h51-80H2. The van der Waals surface area contributed by atoms with Gasteiger partial charge in [-0.15, -0.1) is 38.2 Å². The molecule has 0 nitrogen and oxygen atoms in total. The van der Waals surface area contributed by atoms with Gasteiger partial charge in [0.15, 0.2) is 0 Å². The Hall–Kier alpha value is -4.55. The first-order chi connectivity index (χ1) is 37.3. The highest BCUT2D eigenvalue weighted by Gasteiger charge is 2.34. The first-order valence-corrected chi connectivity index (χ1v) is 30.0. The predicted octanol–water partition coefficient (Wildman–Crippen LogP) is -38.1. The van der Waals surface area contributed by atoms with Crippen molar-refractivity contribution in [1.29, 1.82) is 0 Å². The molecular formula is C50H60B30. The van der Waals surface area contributed by atoms with Crippen molar-refractivity contribution in [3.8, 4) is 44.5 Å². The van der Waals surface area contributed by atoms with E-state index in [1.807, 2.05) is 0 Å². The minimum absolute atomic E-state index is 1.38. The average molecular weight is 985 g/mol. The van der Waals surface area contributed by atoms with Crippen LogP contribution in [-0.2, 0) is 0 Å². The minimum Gasteiger partial charge on any atom is -0.102 e. The Morgan fingerprint density at radius 3 is 0.500 bits per heavy atom. The topological polar surface area (TPSA) is 0 Å². The monoisotopic (exact) mass is 991 g/mol. The fraction of sp³-hybridized carbons (Fsp3) is 0. The lowest BCUT2D eigenvalue weighted by molar-refractivity contribution is 1.74. The van der Waals surface area contributed by atoms with Crippen LogP contribution in [0, 0.1) is 0 Å². The molecule has 350 valence electrons. The van der Waals surface area contributed by atoms with E-state index in [1.165, 1.54) is 273 Å². The maximum Gasteiger partial charge on any atom is 0.140 e. The van der Waals surface area contributed by atoms with Gasteiger partial charge in [-0.05, 0) is 109 Å². The molecule has 0 bridgehead atoms. The van der Waals surface area contributed by atoms with Crippen LogP contribution in [0.4, 0.5) is 0 Å². The highest BCUT2D eigenvalue weighted by atomic mass is 14.3. The van der Waals surface area contributed by atoms with Crippen molar-refractivity contribution in [2.24, 2.45) is 0 Å². The van der Waals surface area contributed by atoms with Crippen molar-refractivity contribution in [3.63, 3.8) is 0 Å². The summed E-state index contributed by atoms with van der Waals surface area (Å²) in [6, 6.07) is 0. The summed E-state index contributed by atoms with van der Waals surface area (Å²) >= 11 is 0. The second-order valence-electron chi connectivity index (χ2n) is 26.2. The van der Waals surface area contributed by atoms with Crippen molar-refractivity contribution in [3.05, 3.63) is 0 Å². The van der Waals surface area contributed by atoms with E-state index in [9.17, 15) is 0 Å². The zero-order valence-corrected chi connectivity index (χ0v) is 55.0. The summed E-state index contributed by atoms with van der Waals surface area (Å²) in [5.74, 6) is 0. The molecule has 0 saturated carbocycles. The summed E-state index contributed by atoms with van der Waals surface area (Å²) in [6.45, 7) is 0. The van der Waals surface area contributed by atoms with Crippen molar-refractivity contribution in [1.82, 2.24) is 0 Å². The molecule has 11 aromatic rings. The minimum atomic E-state index is 1.38. The molecule has 0 aromatic heterocycles. The van der Waals surface area contributed by atoms with Gasteiger partial charge in [0.25, 0.3) is 0 Å². The van der Waals surface area contributed by atoms with Gasteiger partial charge in [-0.1, -0.05) is 126 Å². The summed E-state index contributed by atoms with van der Waals surface area (Å²) in [7, 11) is 72.5. The van der Waals surface area contributed by atoms with Crippen molar-refractivity contribution in [2.75, 3.05) is 0 Å². The molecule has 0 amide bonds. The Bertz CT molecular complexity index is 4730. The normalized spacial score (nSPS) is 12.0. The van der Waals surface area contributed by atoms with Crippen LogP contribution in [0.5, 0.6) is 0 Å². The summed E-state index contributed by atoms with van der Waals surface area (Å²) in [5.41, 5.74) is 53.4. The maximum atomic E-state index is 2.52. The van der Waals surface area contributed by atoms with E-state index >= 15 is 0 Å². The molecule has 0 N–H and O–H groups in total. The van der Waals surface area contributed by atoms with Crippen LogP contribution >= 0.6 is 0 Å². The molecule has 0 radical (unpaired) electrons. The molecule has 11 aromatic carbocycles.